The molecule has 2 unspecified atom stereocenters. The summed E-state index contributed by atoms with van der Waals surface area (Å²) < 4.78 is 32.0. The minimum Gasteiger partial charge on any atom is -0.448 e. The van der Waals surface area contributed by atoms with Gasteiger partial charge < -0.3 is 4.42 Å². The van der Waals surface area contributed by atoms with Gasteiger partial charge in [0.1, 0.15) is 24.0 Å². The largest absolute Gasteiger partial charge is 0.448 e. The molecule has 3 nitrogen and oxygen atoms in total. The summed E-state index contributed by atoms with van der Waals surface area (Å²) in [7, 11) is 0. The fourth-order valence-corrected chi connectivity index (χ4v) is 2.89. The van der Waals surface area contributed by atoms with E-state index in [1.807, 2.05) is 24.3 Å². The van der Waals surface area contributed by atoms with E-state index in [9.17, 15) is 8.78 Å². The predicted molar refractivity (Wildman–Crippen MR) is 92.5 cm³/mol. The van der Waals surface area contributed by atoms with Crippen LogP contribution in [0.3, 0.4) is 0 Å². The first kappa shape index (κ1) is 15.7. The molecule has 0 saturated carbocycles. The Morgan fingerprint density at radius 3 is 2.84 bits per heavy atom. The van der Waals surface area contributed by atoms with Gasteiger partial charge in [-0.25, -0.2) is 18.7 Å². The summed E-state index contributed by atoms with van der Waals surface area (Å²) in [6, 6.07) is 9.24. The molecule has 2 aromatic heterocycles. The lowest BCUT2D eigenvalue weighted by atomic mass is 10.0. The molecule has 1 aliphatic rings. The van der Waals surface area contributed by atoms with Gasteiger partial charge in [-0.15, -0.1) is 0 Å². The number of allylic oxidation sites excluding steroid dienone is 4. The summed E-state index contributed by atoms with van der Waals surface area (Å²) in [5.41, 5.74) is 2.77. The lowest BCUT2D eigenvalue weighted by Crippen LogP contribution is -1.97. The Balaban J connectivity index is 1.64. The van der Waals surface area contributed by atoms with Gasteiger partial charge in [0.25, 0.3) is 0 Å². The Bertz CT molecular complexity index is 988. The van der Waals surface area contributed by atoms with Crippen LogP contribution in [-0.4, -0.2) is 9.97 Å². The Labute approximate surface area is 143 Å². The Morgan fingerprint density at radius 2 is 2.08 bits per heavy atom. The van der Waals surface area contributed by atoms with Gasteiger partial charge >= 0.3 is 0 Å². The molecule has 0 aliphatic heterocycles. The molecule has 1 aromatic carbocycles. The van der Waals surface area contributed by atoms with E-state index in [1.54, 1.807) is 18.4 Å². The van der Waals surface area contributed by atoms with Crippen molar-refractivity contribution in [3.8, 4) is 11.3 Å². The second-order valence-corrected chi connectivity index (χ2v) is 6.12. The third-order valence-electron chi connectivity index (χ3n) is 4.31. The van der Waals surface area contributed by atoms with Gasteiger partial charge in [-0.1, -0.05) is 18.2 Å². The predicted octanol–water partition coefficient (Wildman–Crippen LogP) is 5.82. The minimum atomic E-state index is -1.09. The number of benzene rings is 1. The normalized spacial score (nSPS) is 18.4. The van der Waals surface area contributed by atoms with Gasteiger partial charge in [-0.05, 0) is 43.7 Å². The quantitative estimate of drug-likeness (QED) is 0.604. The van der Waals surface area contributed by atoms with Gasteiger partial charge in [0.05, 0.1) is 17.1 Å². The number of oxazole rings is 1. The van der Waals surface area contributed by atoms with Crippen LogP contribution in [0.5, 0.6) is 0 Å². The molecule has 0 fully saturated rings. The zero-order valence-corrected chi connectivity index (χ0v) is 13.6. The smallest absolute Gasteiger partial charge is 0.201 e. The number of fused-ring (bicyclic) bond motifs is 1. The van der Waals surface area contributed by atoms with Crippen LogP contribution in [0.1, 0.15) is 37.0 Å². The standard InChI is InChI=1S/C20H16F2N2O/c1-12(21)17-8-4-14-10-15(5-9-18(14)23-17)19-11-25-20(24-19)13-2-6-16(22)7-3-13/h2,4-13H,3H2,1H3. The zero-order chi connectivity index (χ0) is 17.4. The molecule has 5 heteroatoms. The number of halogens is 2. The summed E-state index contributed by atoms with van der Waals surface area (Å²) in [6.07, 6.45) is 5.76. The molecule has 2 atom stereocenters. The molecule has 0 bridgehead atoms. The molecule has 25 heavy (non-hydrogen) atoms. The molecular formula is C20H16F2N2O. The fourth-order valence-electron chi connectivity index (χ4n) is 2.89. The number of hydrogen-bond donors (Lipinski definition) is 0. The van der Waals surface area contributed by atoms with E-state index in [4.69, 9.17) is 4.42 Å². The second kappa shape index (κ2) is 6.24. The summed E-state index contributed by atoms with van der Waals surface area (Å²) in [4.78, 5) is 8.86. The Kier molecular flexibility index (Phi) is 3.92. The van der Waals surface area contributed by atoms with Crippen molar-refractivity contribution < 1.29 is 13.2 Å². The highest BCUT2D eigenvalue weighted by atomic mass is 19.1. The molecule has 2 heterocycles. The number of nitrogens with zero attached hydrogens (tertiary/aromatic N) is 2. The van der Waals surface area contributed by atoms with Crippen LogP contribution < -0.4 is 0 Å². The summed E-state index contributed by atoms with van der Waals surface area (Å²) in [5, 5.41) is 0.911. The maximum atomic E-state index is 13.4. The van der Waals surface area contributed by atoms with Crippen molar-refractivity contribution in [3.63, 3.8) is 0 Å². The topological polar surface area (TPSA) is 38.9 Å². The molecule has 1 aliphatic carbocycles. The first-order valence-electron chi connectivity index (χ1n) is 8.14. The van der Waals surface area contributed by atoms with Crippen LogP contribution in [-0.2, 0) is 0 Å². The zero-order valence-electron chi connectivity index (χ0n) is 13.6. The molecule has 126 valence electrons. The van der Waals surface area contributed by atoms with Crippen LogP contribution >= 0.6 is 0 Å². The fraction of sp³-hybridized carbons (Fsp3) is 0.200. The maximum absolute atomic E-state index is 13.4. The summed E-state index contributed by atoms with van der Waals surface area (Å²) >= 11 is 0. The van der Waals surface area contributed by atoms with E-state index < -0.39 is 6.17 Å². The molecular weight excluding hydrogens is 322 g/mol. The number of alkyl halides is 1. The molecule has 0 saturated heterocycles. The van der Waals surface area contributed by atoms with Crippen LogP contribution in [0, 0.1) is 0 Å². The van der Waals surface area contributed by atoms with Gasteiger partial charge in [0, 0.05) is 10.9 Å². The summed E-state index contributed by atoms with van der Waals surface area (Å²) in [5.74, 6) is 0.283. The molecule has 0 radical (unpaired) electrons. The van der Waals surface area contributed by atoms with E-state index in [1.165, 1.54) is 19.1 Å². The van der Waals surface area contributed by atoms with Crippen LogP contribution in [0.15, 0.2) is 65.1 Å². The van der Waals surface area contributed by atoms with Gasteiger partial charge in [-0.2, -0.15) is 0 Å². The maximum Gasteiger partial charge on any atom is 0.201 e. The first-order valence-corrected chi connectivity index (χ1v) is 8.14. The number of hydrogen-bond acceptors (Lipinski definition) is 3. The highest BCUT2D eigenvalue weighted by Gasteiger charge is 2.17. The van der Waals surface area contributed by atoms with Crippen molar-refractivity contribution in [2.45, 2.75) is 25.4 Å². The van der Waals surface area contributed by atoms with E-state index in [-0.39, 0.29) is 11.7 Å². The van der Waals surface area contributed by atoms with Gasteiger partial charge in [0.2, 0.25) is 5.89 Å². The Hall–Kier alpha value is -2.82. The number of aromatic nitrogens is 2. The van der Waals surface area contributed by atoms with Gasteiger partial charge in [-0.3, -0.25) is 0 Å². The van der Waals surface area contributed by atoms with Crippen LogP contribution in [0.4, 0.5) is 8.78 Å². The molecule has 0 spiro atoms. The highest BCUT2D eigenvalue weighted by Crippen LogP contribution is 2.30. The summed E-state index contributed by atoms with van der Waals surface area (Å²) in [6.45, 7) is 1.47. The number of rotatable bonds is 3. The lowest BCUT2D eigenvalue weighted by molar-refractivity contribution is 0.366. The van der Waals surface area contributed by atoms with Gasteiger partial charge in [0.15, 0.2) is 0 Å². The van der Waals surface area contributed by atoms with E-state index in [0.29, 0.717) is 23.7 Å². The van der Waals surface area contributed by atoms with E-state index in [2.05, 4.69) is 9.97 Å². The van der Waals surface area contributed by atoms with Crippen molar-refractivity contribution in [3.05, 3.63) is 72.2 Å². The SMILES string of the molecule is CC(F)c1ccc2cc(-c3coc(C4C=CC(F)=CC4)n3)ccc2n1. The molecule has 0 N–H and O–H groups in total. The van der Waals surface area contributed by atoms with Crippen molar-refractivity contribution >= 4 is 10.9 Å². The highest BCUT2D eigenvalue weighted by molar-refractivity contribution is 5.83. The third-order valence-corrected chi connectivity index (χ3v) is 4.31. The third kappa shape index (κ3) is 3.09. The molecule has 4 rings (SSSR count). The molecule has 3 aromatic rings. The van der Waals surface area contributed by atoms with E-state index in [0.717, 1.165) is 16.5 Å². The van der Waals surface area contributed by atoms with Crippen molar-refractivity contribution in [1.29, 1.82) is 0 Å². The Morgan fingerprint density at radius 1 is 1.20 bits per heavy atom. The monoisotopic (exact) mass is 338 g/mol. The van der Waals surface area contributed by atoms with Crippen molar-refractivity contribution in [2.75, 3.05) is 0 Å². The van der Waals surface area contributed by atoms with E-state index >= 15 is 0 Å². The van der Waals surface area contributed by atoms with Crippen LogP contribution in [0.25, 0.3) is 22.2 Å². The van der Waals surface area contributed by atoms with Crippen molar-refractivity contribution in [1.82, 2.24) is 9.97 Å². The molecule has 0 amide bonds. The van der Waals surface area contributed by atoms with Crippen LogP contribution in [0.2, 0.25) is 0 Å². The van der Waals surface area contributed by atoms with Crippen molar-refractivity contribution in [2.24, 2.45) is 0 Å². The average Bonchev–Trinajstić information content (AvgIpc) is 3.11. The number of pyridine rings is 1. The second-order valence-electron chi connectivity index (χ2n) is 6.12. The first-order chi connectivity index (χ1) is 12.1. The lowest BCUT2D eigenvalue weighted by Gasteiger charge is -2.08. The minimum absolute atomic E-state index is 0.0519. The average molecular weight is 338 g/mol.